The minimum absolute atomic E-state index is 0.197. The Labute approximate surface area is 180 Å². The maximum atomic E-state index is 13.6. The number of carbonyl (C=O) groups excluding carboxylic acids is 3. The highest BCUT2D eigenvalue weighted by atomic mass is 19.1. The van der Waals surface area contributed by atoms with Crippen LogP contribution in [-0.4, -0.2) is 30.1 Å². The molecule has 2 aromatic carbocycles. The van der Waals surface area contributed by atoms with Gasteiger partial charge in [0.05, 0.1) is 0 Å². The number of hydrogen-bond donors (Lipinski definition) is 3. The number of ether oxygens (including phenoxy) is 1. The first kappa shape index (κ1) is 23.6. The zero-order valence-electron chi connectivity index (χ0n) is 17.7. The van der Waals surface area contributed by atoms with E-state index in [4.69, 9.17) is 4.74 Å². The molecule has 0 aliphatic carbocycles. The zero-order chi connectivity index (χ0) is 22.9. The number of benzene rings is 2. The molecular weight excluding hydrogens is 401 g/mol. The molecule has 7 nitrogen and oxygen atoms in total. The Balaban J connectivity index is 1.76. The zero-order valence-corrected chi connectivity index (χ0v) is 17.7. The lowest BCUT2D eigenvalue weighted by atomic mass is 10.2. The number of alkyl carbamates (subject to hydrolysis) is 1. The van der Waals surface area contributed by atoms with Crippen LogP contribution in [0.15, 0.2) is 54.6 Å². The molecule has 2 rings (SSSR count). The summed E-state index contributed by atoms with van der Waals surface area (Å²) in [7, 11) is 0. The summed E-state index contributed by atoms with van der Waals surface area (Å²) < 4.78 is 18.6. The highest BCUT2D eigenvalue weighted by Gasteiger charge is 2.16. The van der Waals surface area contributed by atoms with E-state index in [1.165, 1.54) is 18.2 Å². The van der Waals surface area contributed by atoms with Gasteiger partial charge in [0.2, 0.25) is 11.8 Å². The number of carbonyl (C=O) groups is 3. The number of nitrogens with one attached hydrogen (secondary N) is 3. The lowest BCUT2D eigenvalue weighted by molar-refractivity contribution is -0.120. The van der Waals surface area contributed by atoms with Crippen LogP contribution in [0, 0.1) is 5.82 Å². The fraction of sp³-hybridized carbons (Fsp3) is 0.261. The molecule has 0 saturated carbocycles. The van der Waals surface area contributed by atoms with Gasteiger partial charge >= 0.3 is 6.09 Å². The van der Waals surface area contributed by atoms with E-state index >= 15 is 0 Å². The molecule has 0 unspecified atom stereocenters. The molecule has 3 amide bonds. The van der Waals surface area contributed by atoms with Gasteiger partial charge in [0.25, 0.3) is 0 Å². The van der Waals surface area contributed by atoms with Crippen LogP contribution in [-0.2, 0) is 20.9 Å². The van der Waals surface area contributed by atoms with Crippen molar-refractivity contribution in [2.24, 2.45) is 0 Å². The van der Waals surface area contributed by atoms with Crippen LogP contribution in [0.3, 0.4) is 0 Å². The Morgan fingerprint density at radius 1 is 1.00 bits per heavy atom. The minimum Gasteiger partial charge on any atom is -0.444 e. The highest BCUT2D eigenvalue weighted by Crippen LogP contribution is 2.11. The van der Waals surface area contributed by atoms with Crippen LogP contribution in [0.2, 0.25) is 0 Å². The van der Waals surface area contributed by atoms with Crippen molar-refractivity contribution in [2.75, 3.05) is 11.9 Å². The predicted molar refractivity (Wildman–Crippen MR) is 117 cm³/mol. The van der Waals surface area contributed by atoms with E-state index in [-0.39, 0.29) is 19.0 Å². The van der Waals surface area contributed by atoms with Gasteiger partial charge in [0.15, 0.2) is 0 Å². The smallest absolute Gasteiger partial charge is 0.408 e. The first-order valence-corrected chi connectivity index (χ1v) is 9.68. The van der Waals surface area contributed by atoms with Gasteiger partial charge in [-0.15, -0.1) is 0 Å². The third-order valence-electron chi connectivity index (χ3n) is 3.82. The number of hydrogen-bond acceptors (Lipinski definition) is 4. The van der Waals surface area contributed by atoms with Gasteiger partial charge in [-0.25, -0.2) is 9.18 Å². The summed E-state index contributed by atoms with van der Waals surface area (Å²) in [6.45, 7) is 5.27. The number of anilines is 1. The van der Waals surface area contributed by atoms with Gasteiger partial charge < -0.3 is 20.7 Å². The van der Waals surface area contributed by atoms with E-state index < -0.39 is 23.4 Å². The summed E-state index contributed by atoms with van der Waals surface area (Å²) in [4.78, 5) is 35.4. The topological polar surface area (TPSA) is 96.5 Å². The average Bonchev–Trinajstić information content (AvgIpc) is 2.70. The molecule has 3 N–H and O–H groups in total. The third-order valence-corrected chi connectivity index (χ3v) is 3.82. The molecule has 0 aliphatic rings. The molecule has 0 fully saturated rings. The molecule has 0 atom stereocenters. The van der Waals surface area contributed by atoms with E-state index in [0.29, 0.717) is 11.3 Å². The normalized spacial score (nSPS) is 11.1. The molecule has 0 aliphatic heterocycles. The Bertz CT molecular complexity index is 950. The van der Waals surface area contributed by atoms with Gasteiger partial charge in [-0.05, 0) is 50.6 Å². The molecular formula is C23H26FN3O4. The average molecular weight is 427 g/mol. The van der Waals surface area contributed by atoms with Crippen LogP contribution < -0.4 is 16.0 Å². The molecule has 0 aromatic heterocycles. The monoisotopic (exact) mass is 427 g/mol. The summed E-state index contributed by atoms with van der Waals surface area (Å²) >= 11 is 0. The second kappa shape index (κ2) is 10.9. The van der Waals surface area contributed by atoms with Gasteiger partial charge in [-0.1, -0.05) is 30.3 Å². The van der Waals surface area contributed by atoms with Crippen molar-refractivity contribution in [1.82, 2.24) is 10.6 Å². The predicted octanol–water partition coefficient (Wildman–Crippen LogP) is 3.62. The van der Waals surface area contributed by atoms with Gasteiger partial charge in [0, 0.05) is 23.9 Å². The molecule has 164 valence electrons. The maximum Gasteiger partial charge on any atom is 0.408 e. The van der Waals surface area contributed by atoms with E-state index in [2.05, 4.69) is 16.0 Å². The van der Waals surface area contributed by atoms with Crippen molar-refractivity contribution in [3.05, 3.63) is 71.6 Å². The van der Waals surface area contributed by atoms with Crippen molar-refractivity contribution >= 4 is 29.7 Å². The Hall–Kier alpha value is -3.68. The SMILES string of the molecule is CC(C)(C)OC(=O)NCC(=O)NCc1ccc(NC(=O)/C=C/c2ccccc2F)cc1. The van der Waals surface area contributed by atoms with Crippen LogP contribution in [0.25, 0.3) is 6.08 Å². The lowest BCUT2D eigenvalue weighted by Gasteiger charge is -2.19. The van der Waals surface area contributed by atoms with Crippen molar-refractivity contribution in [2.45, 2.75) is 32.9 Å². The third kappa shape index (κ3) is 9.12. The molecule has 2 aromatic rings. The van der Waals surface area contributed by atoms with E-state index in [9.17, 15) is 18.8 Å². The van der Waals surface area contributed by atoms with Crippen molar-refractivity contribution < 1.29 is 23.5 Å². The molecule has 0 saturated heterocycles. The van der Waals surface area contributed by atoms with Gasteiger partial charge in [-0.2, -0.15) is 0 Å². The Kier molecular flexibility index (Phi) is 8.31. The van der Waals surface area contributed by atoms with Crippen molar-refractivity contribution in [1.29, 1.82) is 0 Å². The van der Waals surface area contributed by atoms with Crippen LogP contribution in [0.5, 0.6) is 0 Å². The molecule has 0 radical (unpaired) electrons. The fourth-order valence-corrected chi connectivity index (χ4v) is 2.40. The van der Waals surface area contributed by atoms with Crippen LogP contribution in [0.4, 0.5) is 14.9 Å². The summed E-state index contributed by atoms with van der Waals surface area (Å²) in [5, 5.41) is 7.74. The molecule has 0 spiro atoms. The van der Waals surface area contributed by atoms with Gasteiger partial charge in [0.1, 0.15) is 18.0 Å². The summed E-state index contributed by atoms with van der Waals surface area (Å²) in [6, 6.07) is 13.0. The highest BCUT2D eigenvalue weighted by molar-refractivity contribution is 6.01. The fourth-order valence-electron chi connectivity index (χ4n) is 2.40. The standard InChI is InChI=1S/C23H26FN3O4/c1-23(2,3)31-22(30)26-15-21(29)25-14-16-8-11-18(12-9-16)27-20(28)13-10-17-6-4-5-7-19(17)24/h4-13H,14-15H2,1-3H3,(H,25,29)(H,26,30)(H,27,28)/b13-10+. The van der Waals surface area contributed by atoms with Crippen LogP contribution >= 0.6 is 0 Å². The summed E-state index contributed by atoms with van der Waals surface area (Å²) in [5.74, 6) is -1.15. The lowest BCUT2D eigenvalue weighted by Crippen LogP contribution is -2.39. The van der Waals surface area contributed by atoms with Crippen LogP contribution in [0.1, 0.15) is 31.9 Å². The first-order chi connectivity index (χ1) is 14.6. The Morgan fingerprint density at radius 2 is 1.68 bits per heavy atom. The first-order valence-electron chi connectivity index (χ1n) is 9.68. The van der Waals surface area contributed by atoms with E-state index in [0.717, 1.165) is 5.56 Å². The molecule has 0 bridgehead atoms. The number of halogens is 1. The minimum atomic E-state index is -0.660. The number of rotatable bonds is 7. The van der Waals surface area contributed by atoms with Crippen molar-refractivity contribution in [3.8, 4) is 0 Å². The van der Waals surface area contributed by atoms with E-state index in [1.54, 1.807) is 63.2 Å². The quantitative estimate of drug-likeness (QED) is 0.588. The largest absolute Gasteiger partial charge is 0.444 e. The summed E-state index contributed by atoms with van der Waals surface area (Å²) in [6.07, 6.45) is 2.00. The molecule has 31 heavy (non-hydrogen) atoms. The molecule has 0 heterocycles. The number of amides is 3. The van der Waals surface area contributed by atoms with Crippen molar-refractivity contribution in [3.63, 3.8) is 0 Å². The second-order valence-corrected chi connectivity index (χ2v) is 7.67. The van der Waals surface area contributed by atoms with Gasteiger partial charge in [-0.3, -0.25) is 9.59 Å². The van der Waals surface area contributed by atoms with E-state index in [1.807, 2.05) is 0 Å². The molecule has 8 heteroatoms. The Morgan fingerprint density at radius 3 is 2.32 bits per heavy atom. The summed E-state index contributed by atoms with van der Waals surface area (Å²) in [5.41, 5.74) is 1.06. The maximum absolute atomic E-state index is 13.6. The second-order valence-electron chi connectivity index (χ2n) is 7.67.